The second-order valence-electron chi connectivity index (χ2n) is 4.49. The predicted molar refractivity (Wildman–Crippen MR) is 71.8 cm³/mol. The summed E-state index contributed by atoms with van der Waals surface area (Å²) in [5, 5.41) is 14.9. The van der Waals surface area contributed by atoms with Gasteiger partial charge in [0.05, 0.1) is 11.6 Å². The van der Waals surface area contributed by atoms with Gasteiger partial charge < -0.3 is 15.5 Å². The monoisotopic (exact) mass is 259 g/mol. The molecule has 2 heterocycles. The van der Waals surface area contributed by atoms with Crippen LogP contribution in [0.3, 0.4) is 0 Å². The van der Waals surface area contributed by atoms with E-state index in [0.29, 0.717) is 24.5 Å². The largest absolute Gasteiger partial charge is 0.357 e. The quantitative estimate of drug-likeness (QED) is 0.768. The zero-order valence-electron chi connectivity index (χ0n) is 11.1. The fourth-order valence-electron chi connectivity index (χ4n) is 2.24. The first-order valence-electron chi connectivity index (χ1n) is 6.23. The molecule has 1 aromatic rings. The van der Waals surface area contributed by atoms with Crippen molar-refractivity contribution in [2.75, 3.05) is 31.6 Å². The number of hydrogen-bond donors (Lipinski definition) is 2. The number of anilines is 1. The molecule has 2 N–H and O–H groups in total. The van der Waals surface area contributed by atoms with Crippen molar-refractivity contribution in [3.8, 4) is 6.07 Å². The van der Waals surface area contributed by atoms with Crippen molar-refractivity contribution in [2.45, 2.75) is 13.0 Å². The first-order chi connectivity index (χ1) is 9.15. The second-order valence-corrected chi connectivity index (χ2v) is 4.49. The molecule has 6 heteroatoms. The number of rotatable bonds is 2. The average molecular weight is 259 g/mol. The third-order valence-electron chi connectivity index (χ3n) is 3.16. The van der Waals surface area contributed by atoms with Crippen LogP contribution in [-0.2, 0) is 4.79 Å². The van der Waals surface area contributed by atoms with Crippen LogP contribution in [0.5, 0.6) is 0 Å². The van der Waals surface area contributed by atoms with E-state index in [4.69, 9.17) is 5.26 Å². The van der Waals surface area contributed by atoms with Gasteiger partial charge in [0.1, 0.15) is 11.9 Å². The fourth-order valence-corrected chi connectivity index (χ4v) is 2.24. The summed E-state index contributed by atoms with van der Waals surface area (Å²) < 4.78 is 0. The predicted octanol–water partition coefficient (Wildman–Crippen LogP) is -0.214. The molecule has 1 unspecified atom stereocenters. The Bertz CT molecular complexity index is 522. The molecule has 6 nitrogen and oxygen atoms in total. The van der Waals surface area contributed by atoms with Crippen LogP contribution in [0.2, 0.25) is 0 Å². The van der Waals surface area contributed by atoms with Crippen LogP contribution in [0.25, 0.3) is 0 Å². The molecule has 1 fully saturated rings. The molecule has 1 saturated heterocycles. The number of aromatic nitrogens is 1. The van der Waals surface area contributed by atoms with Crippen LogP contribution in [0, 0.1) is 18.3 Å². The van der Waals surface area contributed by atoms with Crippen LogP contribution in [-0.4, -0.2) is 43.6 Å². The lowest BCUT2D eigenvalue weighted by Crippen LogP contribution is -2.58. The standard InChI is InChI=1S/C13H17N5O/c1-9-5-10(7-14)6-12(17-9)18-4-3-16-8-11(18)13(19)15-2/h5-6,11,16H,3-4,8H2,1-2H3,(H,15,19). The molecule has 1 amide bonds. The second kappa shape index (κ2) is 5.67. The minimum Gasteiger partial charge on any atom is -0.357 e. The number of carbonyl (C=O) groups excluding carboxylic acids is 1. The summed E-state index contributed by atoms with van der Waals surface area (Å²) in [7, 11) is 1.62. The Kier molecular flexibility index (Phi) is 3.97. The molecule has 0 aliphatic carbocycles. The van der Waals surface area contributed by atoms with Gasteiger partial charge in [-0.2, -0.15) is 5.26 Å². The molecule has 1 atom stereocenters. The van der Waals surface area contributed by atoms with E-state index < -0.39 is 0 Å². The molecule has 1 aromatic heterocycles. The van der Waals surface area contributed by atoms with Gasteiger partial charge in [-0.25, -0.2) is 4.98 Å². The average Bonchev–Trinajstić information content (AvgIpc) is 2.45. The third-order valence-corrected chi connectivity index (χ3v) is 3.16. The molecular weight excluding hydrogens is 242 g/mol. The van der Waals surface area contributed by atoms with Crippen LogP contribution in [0.15, 0.2) is 12.1 Å². The normalized spacial score (nSPS) is 18.8. The van der Waals surface area contributed by atoms with E-state index in [1.807, 2.05) is 11.8 Å². The van der Waals surface area contributed by atoms with Crippen molar-refractivity contribution < 1.29 is 4.79 Å². The molecule has 0 spiro atoms. The Hall–Kier alpha value is -2.13. The van der Waals surface area contributed by atoms with E-state index in [9.17, 15) is 4.79 Å². The number of nitriles is 1. The van der Waals surface area contributed by atoms with Gasteiger partial charge in [-0.1, -0.05) is 0 Å². The highest BCUT2D eigenvalue weighted by Crippen LogP contribution is 2.18. The maximum Gasteiger partial charge on any atom is 0.243 e. The molecule has 0 aromatic carbocycles. The highest BCUT2D eigenvalue weighted by Gasteiger charge is 2.29. The first-order valence-corrected chi connectivity index (χ1v) is 6.23. The Balaban J connectivity index is 2.35. The van der Waals surface area contributed by atoms with Crippen LogP contribution in [0.1, 0.15) is 11.3 Å². The summed E-state index contributed by atoms with van der Waals surface area (Å²) in [6.07, 6.45) is 0. The van der Waals surface area contributed by atoms with Crippen molar-refractivity contribution in [1.82, 2.24) is 15.6 Å². The van der Waals surface area contributed by atoms with Crippen molar-refractivity contribution in [2.24, 2.45) is 0 Å². The molecule has 1 aliphatic heterocycles. The van der Waals surface area contributed by atoms with E-state index >= 15 is 0 Å². The molecular formula is C13H17N5O. The highest BCUT2D eigenvalue weighted by atomic mass is 16.2. The van der Waals surface area contributed by atoms with E-state index in [1.54, 1.807) is 19.2 Å². The fraction of sp³-hybridized carbons (Fsp3) is 0.462. The minimum absolute atomic E-state index is 0.0472. The smallest absolute Gasteiger partial charge is 0.243 e. The summed E-state index contributed by atoms with van der Waals surface area (Å²) in [5.41, 5.74) is 1.35. The molecule has 0 saturated carbocycles. The maximum atomic E-state index is 11.9. The van der Waals surface area contributed by atoms with Gasteiger partial charge in [0.15, 0.2) is 0 Å². The third kappa shape index (κ3) is 2.83. The zero-order valence-corrected chi connectivity index (χ0v) is 11.1. The lowest BCUT2D eigenvalue weighted by Gasteiger charge is -2.36. The van der Waals surface area contributed by atoms with Gasteiger partial charge in [0.25, 0.3) is 0 Å². The molecule has 19 heavy (non-hydrogen) atoms. The van der Waals surface area contributed by atoms with E-state index in [-0.39, 0.29) is 11.9 Å². The summed E-state index contributed by atoms with van der Waals surface area (Å²) in [5.74, 6) is 0.640. The number of piperazine rings is 1. The summed E-state index contributed by atoms with van der Waals surface area (Å²) in [4.78, 5) is 18.3. The van der Waals surface area contributed by atoms with Gasteiger partial charge in [-0.05, 0) is 19.1 Å². The molecule has 0 bridgehead atoms. The summed E-state index contributed by atoms with van der Waals surface area (Å²) in [6.45, 7) is 3.92. The van der Waals surface area contributed by atoms with Gasteiger partial charge in [-0.15, -0.1) is 0 Å². The van der Waals surface area contributed by atoms with Crippen LogP contribution >= 0.6 is 0 Å². The summed E-state index contributed by atoms with van der Waals surface area (Å²) in [6, 6.07) is 5.30. The number of aryl methyl sites for hydroxylation is 1. The zero-order chi connectivity index (χ0) is 13.8. The highest BCUT2D eigenvalue weighted by molar-refractivity contribution is 5.85. The van der Waals surface area contributed by atoms with E-state index in [1.165, 1.54) is 0 Å². The van der Waals surface area contributed by atoms with E-state index in [0.717, 1.165) is 12.2 Å². The topological polar surface area (TPSA) is 81.0 Å². The number of hydrogen-bond acceptors (Lipinski definition) is 5. The van der Waals surface area contributed by atoms with Gasteiger partial charge in [0, 0.05) is 32.4 Å². The summed E-state index contributed by atoms with van der Waals surface area (Å²) >= 11 is 0. The van der Waals surface area contributed by atoms with E-state index in [2.05, 4.69) is 21.7 Å². The number of nitrogens with zero attached hydrogens (tertiary/aromatic N) is 3. The number of likely N-dealkylation sites (N-methyl/N-ethyl adjacent to an activating group) is 1. The van der Waals surface area contributed by atoms with Crippen molar-refractivity contribution >= 4 is 11.7 Å². The van der Waals surface area contributed by atoms with Crippen molar-refractivity contribution in [1.29, 1.82) is 5.26 Å². The Morgan fingerprint density at radius 3 is 3.11 bits per heavy atom. The van der Waals surface area contributed by atoms with Gasteiger partial charge >= 0.3 is 0 Å². The maximum absolute atomic E-state index is 11.9. The molecule has 100 valence electrons. The molecule has 1 aliphatic rings. The van der Waals surface area contributed by atoms with Crippen LogP contribution < -0.4 is 15.5 Å². The number of carbonyl (C=O) groups is 1. The van der Waals surface area contributed by atoms with Crippen molar-refractivity contribution in [3.05, 3.63) is 23.4 Å². The first kappa shape index (κ1) is 13.3. The molecule has 0 radical (unpaired) electrons. The van der Waals surface area contributed by atoms with Gasteiger partial charge in [0.2, 0.25) is 5.91 Å². The lowest BCUT2D eigenvalue weighted by molar-refractivity contribution is -0.122. The van der Waals surface area contributed by atoms with Gasteiger partial charge in [-0.3, -0.25) is 4.79 Å². The Labute approximate surface area is 112 Å². The number of nitrogens with one attached hydrogen (secondary N) is 2. The van der Waals surface area contributed by atoms with Crippen molar-refractivity contribution in [3.63, 3.8) is 0 Å². The SMILES string of the molecule is CNC(=O)C1CNCCN1c1cc(C#N)cc(C)n1. The Morgan fingerprint density at radius 2 is 2.42 bits per heavy atom. The number of amides is 1. The Morgan fingerprint density at radius 1 is 1.63 bits per heavy atom. The number of pyridine rings is 1. The lowest BCUT2D eigenvalue weighted by atomic mass is 10.1. The van der Waals surface area contributed by atoms with Crippen LogP contribution in [0.4, 0.5) is 5.82 Å². The molecule has 2 rings (SSSR count). The minimum atomic E-state index is -0.292.